The summed E-state index contributed by atoms with van der Waals surface area (Å²) in [5.41, 5.74) is 0.391. The van der Waals surface area contributed by atoms with Gasteiger partial charge in [0.1, 0.15) is 11.3 Å². The fraction of sp³-hybridized carbons (Fsp3) is 0.227. The average Bonchev–Trinajstić information content (AvgIpc) is 3.45. The Labute approximate surface area is 199 Å². The average molecular weight is 495 g/mol. The van der Waals surface area contributed by atoms with Gasteiger partial charge in [-0.2, -0.15) is 0 Å². The summed E-state index contributed by atoms with van der Waals surface area (Å²) in [5.74, 6) is -0.888. The maximum atomic E-state index is 14.2. The van der Waals surface area contributed by atoms with E-state index in [1.807, 2.05) is 10.8 Å². The molecule has 0 aliphatic carbocycles. The van der Waals surface area contributed by atoms with Crippen LogP contribution in [-0.2, 0) is 6.54 Å². The number of carbonyl (C=O) groups excluding carboxylic acids is 1. The van der Waals surface area contributed by atoms with Crippen LogP contribution >= 0.6 is 23.7 Å². The molecule has 174 valence electrons. The summed E-state index contributed by atoms with van der Waals surface area (Å²) in [5, 5.41) is 0.287. The third-order valence-electron chi connectivity index (χ3n) is 4.87. The number of imidazole rings is 1. The van der Waals surface area contributed by atoms with Crippen LogP contribution in [-0.4, -0.2) is 41.2 Å². The first-order chi connectivity index (χ1) is 15.5. The second-order valence-electron chi connectivity index (χ2n) is 6.91. The third kappa shape index (κ3) is 5.23. The normalized spacial score (nSPS) is 10.7. The van der Waals surface area contributed by atoms with E-state index in [-0.39, 0.29) is 29.0 Å². The number of carbonyl (C=O) groups is 1. The summed E-state index contributed by atoms with van der Waals surface area (Å²) in [7, 11) is 3.00. The zero-order chi connectivity index (χ0) is 22.7. The molecule has 11 heteroatoms. The molecular weight excluding hydrogens is 474 g/mol. The number of rotatable bonds is 8. The Morgan fingerprint density at radius 3 is 2.64 bits per heavy atom. The first-order valence-electron chi connectivity index (χ1n) is 9.75. The predicted molar refractivity (Wildman–Crippen MR) is 125 cm³/mol. The summed E-state index contributed by atoms with van der Waals surface area (Å²) in [6.45, 7) is 0.943. The van der Waals surface area contributed by atoms with Gasteiger partial charge in [-0.15, -0.1) is 12.4 Å². The first kappa shape index (κ1) is 24.4. The number of hydrogen-bond donors (Lipinski definition) is 0. The molecule has 2 heterocycles. The van der Waals surface area contributed by atoms with Crippen molar-refractivity contribution in [3.8, 4) is 11.5 Å². The third-order valence-corrected chi connectivity index (χ3v) is 5.89. The number of anilines is 1. The van der Waals surface area contributed by atoms with Crippen molar-refractivity contribution in [2.75, 3.05) is 25.7 Å². The van der Waals surface area contributed by atoms with E-state index in [2.05, 4.69) is 9.97 Å². The lowest BCUT2D eigenvalue weighted by molar-refractivity contribution is 0.0986. The number of benzene rings is 2. The van der Waals surface area contributed by atoms with E-state index in [4.69, 9.17) is 9.47 Å². The molecule has 0 radical (unpaired) electrons. The zero-order valence-corrected chi connectivity index (χ0v) is 19.5. The second kappa shape index (κ2) is 10.6. The highest BCUT2D eigenvalue weighted by atomic mass is 35.5. The van der Waals surface area contributed by atoms with Crippen molar-refractivity contribution in [1.82, 2.24) is 14.5 Å². The molecule has 0 atom stereocenters. The van der Waals surface area contributed by atoms with E-state index in [0.717, 1.165) is 17.4 Å². The van der Waals surface area contributed by atoms with Crippen LogP contribution in [0.3, 0.4) is 0 Å². The topological polar surface area (TPSA) is 69.5 Å². The van der Waals surface area contributed by atoms with Crippen molar-refractivity contribution >= 4 is 45.0 Å². The van der Waals surface area contributed by atoms with Crippen molar-refractivity contribution in [1.29, 1.82) is 0 Å². The van der Waals surface area contributed by atoms with E-state index in [1.165, 1.54) is 25.2 Å². The van der Waals surface area contributed by atoms with Gasteiger partial charge in [-0.25, -0.2) is 18.7 Å². The van der Waals surface area contributed by atoms with Crippen molar-refractivity contribution in [3.05, 3.63) is 66.3 Å². The zero-order valence-electron chi connectivity index (χ0n) is 17.8. The Bertz CT molecular complexity index is 1250. The number of nitrogens with zero attached hydrogens (tertiary/aromatic N) is 4. The van der Waals surface area contributed by atoms with Gasteiger partial charge in [0.15, 0.2) is 22.4 Å². The Morgan fingerprint density at radius 1 is 1.15 bits per heavy atom. The van der Waals surface area contributed by atoms with E-state index in [1.54, 1.807) is 30.7 Å². The predicted octanol–water partition coefficient (Wildman–Crippen LogP) is 4.95. The number of hydrogen-bond acceptors (Lipinski definition) is 6. The SMILES string of the molecule is COc1ccc(C(=O)N(CCCn2ccnc2)c2nc3c(F)cc(F)cc3s2)cc1OC.Cl. The van der Waals surface area contributed by atoms with E-state index in [9.17, 15) is 13.6 Å². The van der Waals surface area contributed by atoms with Crippen LogP contribution in [0.1, 0.15) is 16.8 Å². The highest BCUT2D eigenvalue weighted by Crippen LogP contribution is 2.33. The number of methoxy groups -OCH3 is 2. The van der Waals surface area contributed by atoms with E-state index in [0.29, 0.717) is 41.3 Å². The highest BCUT2D eigenvalue weighted by Gasteiger charge is 2.23. The maximum Gasteiger partial charge on any atom is 0.260 e. The monoisotopic (exact) mass is 494 g/mol. The minimum absolute atomic E-state index is 0. The number of halogens is 3. The first-order valence-corrected chi connectivity index (χ1v) is 10.6. The number of amides is 1. The van der Waals surface area contributed by atoms with Gasteiger partial charge in [-0.05, 0) is 30.7 Å². The molecule has 7 nitrogen and oxygen atoms in total. The number of fused-ring (bicyclic) bond motifs is 1. The Kier molecular flexibility index (Phi) is 7.83. The lowest BCUT2D eigenvalue weighted by atomic mass is 10.1. The van der Waals surface area contributed by atoms with Crippen LogP contribution in [0.2, 0.25) is 0 Å². The quantitative estimate of drug-likeness (QED) is 0.347. The molecule has 0 spiro atoms. The molecule has 2 aromatic carbocycles. The summed E-state index contributed by atoms with van der Waals surface area (Å²) in [6.07, 6.45) is 5.80. The Balaban J connectivity index is 0.00000306. The van der Waals surface area contributed by atoms with Crippen LogP contribution in [0.4, 0.5) is 13.9 Å². The van der Waals surface area contributed by atoms with Crippen LogP contribution in [0.15, 0.2) is 49.1 Å². The molecule has 0 N–H and O–H groups in total. The molecule has 0 bridgehead atoms. The molecule has 2 aromatic heterocycles. The second-order valence-corrected chi connectivity index (χ2v) is 7.92. The molecule has 4 rings (SSSR count). The summed E-state index contributed by atoms with van der Waals surface area (Å²) in [4.78, 5) is 23.2. The highest BCUT2D eigenvalue weighted by molar-refractivity contribution is 7.22. The van der Waals surface area contributed by atoms with Crippen molar-refractivity contribution in [3.63, 3.8) is 0 Å². The molecule has 0 unspecified atom stereocenters. The minimum atomic E-state index is -0.764. The Hall–Kier alpha value is -3.24. The van der Waals surface area contributed by atoms with Crippen molar-refractivity contribution in [2.45, 2.75) is 13.0 Å². The smallest absolute Gasteiger partial charge is 0.260 e. The van der Waals surface area contributed by atoms with Gasteiger partial charge in [0.05, 0.1) is 25.2 Å². The van der Waals surface area contributed by atoms with Gasteiger partial charge in [-0.3, -0.25) is 9.69 Å². The van der Waals surface area contributed by atoms with Gasteiger partial charge < -0.3 is 14.0 Å². The van der Waals surface area contributed by atoms with E-state index < -0.39 is 11.6 Å². The van der Waals surface area contributed by atoms with Crippen LogP contribution in [0.25, 0.3) is 10.2 Å². The van der Waals surface area contributed by atoms with Gasteiger partial charge in [0, 0.05) is 37.1 Å². The van der Waals surface area contributed by atoms with Gasteiger partial charge in [-0.1, -0.05) is 11.3 Å². The molecule has 0 saturated carbocycles. The van der Waals surface area contributed by atoms with Crippen molar-refractivity contribution < 1.29 is 23.0 Å². The molecule has 0 aliphatic heterocycles. The van der Waals surface area contributed by atoms with Crippen molar-refractivity contribution in [2.24, 2.45) is 0 Å². The molecular formula is C22H21ClF2N4O3S. The standard InChI is InChI=1S/C22H20F2N4O3S.ClH/c1-30-17-5-4-14(10-18(17)31-2)21(29)28(8-3-7-27-9-6-25-13-27)22-26-20-16(24)11-15(23)12-19(20)32-22;/h4-6,9-13H,3,7-8H2,1-2H3;1H. The summed E-state index contributed by atoms with van der Waals surface area (Å²) in [6, 6.07) is 6.84. The maximum absolute atomic E-state index is 14.2. The van der Waals surface area contributed by atoms with Gasteiger partial charge >= 0.3 is 0 Å². The van der Waals surface area contributed by atoms with Crippen LogP contribution < -0.4 is 14.4 Å². The van der Waals surface area contributed by atoms with Crippen LogP contribution in [0.5, 0.6) is 11.5 Å². The fourth-order valence-electron chi connectivity index (χ4n) is 3.30. The summed E-state index contributed by atoms with van der Waals surface area (Å²) >= 11 is 1.06. The molecule has 4 aromatic rings. The molecule has 0 aliphatic rings. The van der Waals surface area contributed by atoms with E-state index >= 15 is 0 Å². The van der Waals surface area contributed by atoms with Gasteiger partial charge in [0.2, 0.25) is 0 Å². The molecule has 33 heavy (non-hydrogen) atoms. The number of thiazole rings is 1. The number of ether oxygens (including phenoxy) is 2. The number of aryl methyl sites for hydroxylation is 1. The summed E-state index contributed by atoms with van der Waals surface area (Å²) < 4.78 is 40.7. The molecule has 1 amide bonds. The molecule has 0 saturated heterocycles. The lowest BCUT2D eigenvalue weighted by Crippen LogP contribution is -2.32. The fourth-order valence-corrected chi connectivity index (χ4v) is 4.33. The number of aromatic nitrogens is 3. The minimum Gasteiger partial charge on any atom is -0.493 e. The molecule has 0 fully saturated rings. The Morgan fingerprint density at radius 2 is 1.94 bits per heavy atom. The largest absolute Gasteiger partial charge is 0.493 e. The van der Waals surface area contributed by atoms with Gasteiger partial charge in [0.25, 0.3) is 5.91 Å². The lowest BCUT2D eigenvalue weighted by Gasteiger charge is -2.20. The van der Waals surface area contributed by atoms with Crippen LogP contribution in [0, 0.1) is 11.6 Å².